The molecule has 0 aliphatic carbocycles. The van der Waals surface area contributed by atoms with Crippen LogP contribution in [0.25, 0.3) is 6.08 Å². The number of benzene rings is 2. The first kappa shape index (κ1) is 17.1. The van der Waals surface area contributed by atoms with Crippen LogP contribution in [0.4, 0.5) is 0 Å². The quantitative estimate of drug-likeness (QED) is 0.746. The van der Waals surface area contributed by atoms with Crippen LogP contribution in [0.5, 0.6) is 11.5 Å². The highest BCUT2D eigenvalue weighted by molar-refractivity contribution is 5.63. The van der Waals surface area contributed by atoms with Gasteiger partial charge in [0.1, 0.15) is 35.8 Å². The van der Waals surface area contributed by atoms with Gasteiger partial charge in [0.05, 0.1) is 7.11 Å². The Hall–Kier alpha value is -3.24. The van der Waals surface area contributed by atoms with Crippen LogP contribution < -0.4 is 9.47 Å². The minimum atomic E-state index is 0.0576. The third-order valence-electron chi connectivity index (χ3n) is 3.58. The zero-order chi connectivity index (χ0) is 17.4. The van der Waals surface area contributed by atoms with Gasteiger partial charge in [-0.3, -0.25) is 0 Å². The summed E-state index contributed by atoms with van der Waals surface area (Å²) in [6.07, 6.45) is 2.53. The molecule has 0 bridgehead atoms. The van der Waals surface area contributed by atoms with E-state index in [-0.39, 0.29) is 5.57 Å². The molecule has 0 radical (unpaired) electrons. The molecule has 0 N–H and O–H groups in total. The summed E-state index contributed by atoms with van der Waals surface area (Å²) < 4.78 is 11.2. The van der Waals surface area contributed by atoms with Gasteiger partial charge in [-0.2, -0.15) is 10.5 Å². The number of ether oxygens (including phenoxy) is 2. The van der Waals surface area contributed by atoms with E-state index in [1.165, 1.54) is 5.56 Å². The third kappa shape index (κ3) is 4.38. The Labute approximate surface area is 142 Å². The van der Waals surface area contributed by atoms with Crippen molar-refractivity contribution in [2.75, 3.05) is 7.11 Å². The van der Waals surface area contributed by atoms with Gasteiger partial charge in [-0.1, -0.05) is 25.1 Å². The SMILES string of the molecule is CCc1ccc(OCc2cc(C=C(C#N)C#N)ccc2OC)cc1. The molecular formula is C20H18N2O2. The van der Waals surface area contributed by atoms with E-state index in [0.717, 1.165) is 23.3 Å². The first-order chi connectivity index (χ1) is 11.7. The molecule has 0 saturated heterocycles. The van der Waals surface area contributed by atoms with Crippen molar-refractivity contribution in [1.29, 1.82) is 10.5 Å². The number of allylic oxidation sites excluding steroid dienone is 1. The summed E-state index contributed by atoms with van der Waals surface area (Å²) in [5, 5.41) is 17.7. The maximum Gasteiger partial charge on any atom is 0.130 e. The number of rotatable bonds is 6. The molecule has 0 aliphatic rings. The largest absolute Gasteiger partial charge is 0.496 e. The lowest BCUT2D eigenvalue weighted by atomic mass is 10.1. The van der Waals surface area contributed by atoms with E-state index < -0.39 is 0 Å². The summed E-state index contributed by atoms with van der Waals surface area (Å²) in [7, 11) is 1.60. The van der Waals surface area contributed by atoms with Gasteiger partial charge in [0.15, 0.2) is 0 Å². The molecule has 4 nitrogen and oxygen atoms in total. The fourth-order valence-electron chi connectivity index (χ4n) is 2.24. The van der Waals surface area contributed by atoms with E-state index in [2.05, 4.69) is 6.92 Å². The molecule has 0 amide bonds. The van der Waals surface area contributed by atoms with E-state index in [1.54, 1.807) is 25.3 Å². The average molecular weight is 318 g/mol. The Morgan fingerprint density at radius 2 is 1.79 bits per heavy atom. The van der Waals surface area contributed by atoms with Crippen LogP contribution in [-0.2, 0) is 13.0 Å². The molecular weight excluding hydrogens is 300 g/mol. The summed E-state index contributed by atoms with van der Waals surface area (Å²) >= 11 is 0. The standard InChI is InChI=1S/C20H18N2O2/c1-3-15-4-7-19(8-5-15)24-14-18-11-16(6-9-20(18)23-2)10-17(12-21)13-22/h4-11H,3,14H2,1-2H3. The van der Waals surface area contributed by atoms with Crippen LogP contribution in [0.1, 0.15) is 23.6 Å². The predicted molar refractivity (Wildman–Crippen MR) is 92.3 cm³/mol. The topological polar surface area (TPSA) is 66.0 Å². The Balaban J connectivity index is 2.20. The van der Waals surface area contributed by atoms with Crippen molar-refractivity contribution in [2.24, 2.45) is 0 Å². The molecule has 0 saturated carbocycles. The minimum absolute atomic E-state index is 0.0576. The van der Waals surface area contributed by atoms with Gasteiger partial charge in [-0.15, -0.1) is 0 Å². The van der Waals surface area contributed by atoms with E-state index >= 15 is 0 Å². The summed E-state index contributed by atoms with van der Waals surface area (Å²) in [5.41, 5.74) is 2.92. The lowest BCUT2D eigenvalue weighted by molar-refractivity contribution is 0.296. The first-order valence-electron chi connectivity index (χ1n) is 7.60. The predicted octanol–water partition coefficient (Wildman–Crippen LogP) is 4.27. The smallest absolute Gasteiger partial charge is 0.130 e. The number of nitrogens with zero attached hydrogens (tertiary/aromatic N) is 2. The highest BCUT2D eigenvalue weighted by Crippen LogP contribution is 2.23. The Bertz CT molecular complexity index is 793. The Morgan fingerprint density at radius 3 is 2.38 bits per heavy atom. The fourth-order valence-corrected chi connectivity index (χ4v) is 2.24. The molecule has 0 spiro atoms. The monoisotopic (exact) mass is 318 g/mol. The molecule has 0 atom stereocenters. The fraction of sp³-hybridized carbons (Fsp3) is 0.200. The summed E-state index contributed by atoms with van der Waals surface area (Å²) in [6.45, 7) is 2.45. The van der Waals surface area contributed by atoms with E-state index in [1.807, 2.05) is 42.5 Å². The lowest BCUT2D eigenvalue weighted by Gasteiger charge is -2.11. The normalized spacial score (nSPS) is 9.50. The number of hydrogen-bond donors (Lipinski definition) is 0. The number of methoxy groups -OCH3 is 1. The second kappa shape index (κ2) is 8.41. The molecule has 2 rings (SSSR count). The molecule has 0 unspecified atom stereocenters. The molecule has 0 heterocycles. The van der Waals surface area contributed by atoms with Gasteiger partial charge in [0.2, 0.25) is 0 Å². The van der Waals surface area contributed by atoms with Gasteiger partial charge in [-0.25, -0.2) is 0 Å². The van der Waals surface area contributed by atoms with Crippen molar-refractivity contribution in [2.45, 2.75) is 20.0 Å². The van der Waals surface area contributed by atoms with E-state index in [4.69, 9.17) is 20.0 Å². The van der Waals surface area contributed by atoms with Gasteiger partial charge in [0.25, 0.3) is 0 Å². The zero-order valence-corrected chi connectivity index (χ0v) is 13.7. The van der Waals surface area contributed by atoms with Crippen molar-refractivity contribution in [3.05, 3.63) is 64.7 Å². The van der Waals surface area contributed by atoms with Crippen LogP contribution in [-0.4, -0.2) is 7.11 Å². The first-order valence-corrected chi connectivity index (χ1v) is 7.60. The van der Waals surface area contributed by atoms with Gasteiger partial charge in [-0.05, 0) is 47.9 Å². The summed E-state index contributed by atoms with van der Waals surface area (Å²) in [5.74, 6) is 1.48. The van der Waals surface area contributed by atoms with Crippen molar-refractivity contribution >= 4 is 6.08 Å². The van der Waals surface area contributed by atoms with Crippen molar-refractivity contribution in [3.63, 3.8) is 0 Å². The second-order valence-electron chi connectivity index (χ2n) is 5.14. The third-order valence-corrected chi connectivity index (χ3v) is 3.58. The van der Waals surface area contributed by atoms with Gasteiger partial charge < -0.3 is 9.47 Å². The molecule has 2 aromatic carbocycles. The molecule has 0 aliphatic heterocycles. The zero-order valence-electron chi connectivity index (χ0n) is 13.7. The Morgan fingerprint density at radius 1 is 1.08 bits per heavy atom. The molecule has 0 fully saturated rings. The van der Waals surface area contributed by atoms with Crippen molar-refractivity contribution in [1.82, 2.24) is 0 Å². The van der Waals surface area contributed by atoms with Crippen molar-refractivity contribution < 1.29 is 9.47 Å². The molecule has 2 aromatic rings. The number of nitriles is 2. The van der Waals surface area contributed by atoms with Crippen LogP contribution in [0.15, 0.2) is 48.0 Å². The maximum atomic E-state index is 8.86. The van der Waals surface area contributed by atoms with Crippen LogP contribution >= 0.6 is 0 Å². The molecule has 120 valence electrons. The number of hydrogen-bond acceptors (Lipinski definition) is 4. The lowest BCUT2D eigenvalue weighted by Crippen LogP contribution is -1.99. The maximum absolute atomic E-state index is 8.86. The second-order valence-corrected chi connectivity index (χ2v) is 5.14. The van der Waals surface area contributed by atoms with Crippen LogP contribution in [0.2, 0.25) is 0 Å². The summed E-state index contributed by atoms with van der Waals surface area (Å²) in [4.78, 5) is 0. The van der Waals surface area contributed by atoms with E-state index in [9.17, 15) is 0 Å². The molecule has 4 heteroatoms. The van der Waals surface area contributed by atoms with Crippen LogP contribution in [0.3, 0.4) is 0 Å². The van der Waals surface area contributed by atoms with Crippen molar-refractivity contribution in [3.8, 4) is 23.6 Å². The highest BCUT2D eigenvalue weighted by Gasteiger charge is 2.06. The van der Waals surface area contributed by atoms with Gasteiger partial charge in [0, 0.05) is 5.56 Å². The molecule has 0 aromatic heterocycles. The molecule has 24 heavy (non-hydrogen) atoms. The number of aryl methyl sites for hydroxylation is 1. The van der Waals surface area contributed by atoms with Crippen LogP contribution in [0, 0.1) is 22.7 Å². The Kier molecular flexibility index (Phi) is 6.00. The minimum Gasteiger partial charge on any atom is -0.496 e. The highest BCUT2D eigenvalue weighted by atomic mass is 16.5. The average Bonchev–Trinajstić information content (AvgIpc) is 2.64. The van der Waals surface area contributed by atoms with Gasteiger partial charge >= 0.3 is 0 Å². The van der Waals surface area contributed by atoms with E-state index in [0.29, 0.717) is 12.4 Å². The summed E-state index contributed by atoms with van der Waals surface area (Å²) in [6, 6.07) is 17.1.